The molecule has 194 valence electrons. The van der Waals surface area contributed by atoms with E-state index in [9.17, 15) is 14.4 Å². The summed E-state index contributed by atoms with van der Waals surface area (Å²) in [5, 5.41) is 13.9. The molecule has 0 bridgehead atoms. The van der Waals surface area contributed by atoms with Crippen LogP contribution in [0, 0.1) is 0 Å². The molecular formula is C27H30N4O6. The lowest BCUT2D eigenvalue weighted by Gasteiger charge is -2.24. The highest BCUT2D eigenvalue weighted by Gasteiger charge is 2.24. The average molecular weight is 507 g/mol. The molecule has 10 heteroatoms. The number of hydrogen-bond donors (Lipinski definition) is 2. The molecule has 0 fully saturated rings. The highest BCUT2D eigenvalue weighted by Crippen LogP contribution is 2.31. The Kier molecular flexibility index (Phi) is 8.78. The molecule has 3 aromatic rings. The number of aromatic nitrogens is 2. The zero-order valence-corrected chi connectivity index (χ0v) is 21.4. The first-order valence-corrected chi connectivity index (χ1v) is 11.6. The molecule has 0 radical (unpaired) electrons. The number of esters is 1. The van der Waals surface area contributed by atoms with E-state index in [0.717, 1.165) is 5.56 Å². The SMILES string of the molecule is COC(=O)Nc1ccc(-c2cc([C@H](Cc3ccccc3)NC(=O)OC(C)(C)C)nnc2OC(C)=O)cc1. The molecule has 10 nitrogen and oxygen atoms in total. The van der Waals surface area contributed by atoms with Crippen molar-refractivity contribution in [1.82, 2.24) is 15.5 Å². The summed E-state index contributed by atoms with van der Waals surface area (Å²) in [6.07, 6.45) is -0.777. The summed E-state index contributed by atoms with van der Waals surface area (Å²) in [4.78, 5) is 35.9. The number of benzene rings is 2. The van der Waals surface area contributed by atoms with Crippen molar-refractivity contribution in [3.63, 3.8) is 0 Å². The molecule has 1 heterocycles. The first-order chi connectivity index (χ1) is 17.5. The second-order valence-corrected chi connectivity index (χ2v) is 9.16. The monoisotopic (exact) mass is 506 g/mol. The van der Waals surface area contributed by atoms with Crippen LogP contribution in [0.1, 0.15) is 45.0 Å². The van der Waals surface area contributed by atoms with Gasteiger partial charge in [-0.1, -0.05) is 42.5 Å². The van der Waals surface area contributed by atoms with E-state index in [0.29, 0.717) is 28.9 Å². The fourth-order valence-corrected chi connectivity index (χ4v) is 3.42. The number of amides is 2. The summed E-state index contributed by atoms with van der Waals surface area (Å²) >= 11 is 0. The number of ether oxygens (including phenoxy) is 3. The van der Waals surface area contributed by atoms with Gasteiger partial charge in [0.15, 0.2) is 0 Å². The zero-order chi connectivity index (χ0) is 27.0. The van der Waals surface area contributed by atoms with Crippen molar-refractivity contribution in [2.75, 3.05) is 12.4 Å². The number of alkyl carbamates (subject to hydrolysis) is 1. The van der Waals surface area contributed by atoms with Gasteiger partial charge in [-0.3, -0.25) is 10.1 Å². The Labute approximate surface area is 215 Å². The number of nitrogens with one attached hydrogen (secondary N) is 2. The molecule has 0 aliphatic heterocycles. The van der Waals surface area contributed by atoms with Crippen LogP contribution in [-0.2, 0) is 20.7 Å². The van der Waals surface area contributed by atoms with Crippen molar-refractivity contribution >= 4 is 23.8 Å². The number of carbonyl (C=O) groups excluding carboxylic acids is 3. The maximum atomic E-state index is 12.7. The van der Waals surface area contributed by atoms with Crippen LogP contribution >= 0.6 is 0 Å². The fraction of sp³-hybridized carbons (Fsp3) is 0.296. The maximum absolute atomic E-state index is 12.7. The topological polar surface area (TPSA) is 129 Å². The lowest BCUT2D eigenvalue weighted by molar-refractivity contribution is -0.132. The molecule has 0 saturated heterocycles. The molecular weight excluding hydrogens is 476 g/mol. The summed E-state index contributed by atoms with van der Waals surface area (Å²) < 4.78 is 15.4. The van der Waals surface area contributed by atoms with Crippen LogP contribution in [0.4, 0.5) is 15.3 Å². The Hall–Kier alpha value is -4.47. The van der Waals surface area contributed by atoms with Crippen LogP contribution in [0.2, 0.25) is 0 Å². The molecule has 0 unspecified atom stereocenters. The van der Waals surface area contributed by atoms with Gasteiger partial charge in [0, 0.05) is 18.2 Å². The van der Waals surface area contributed by atoms with Crippen LogP contribution in [-0.4, -0.2) is 41.1 Å². The number of nitrogens with zero attached hydrogens (tertiary/aromatic N) is 2. The van der Waals surface area contributed by atoms with E-state index < -0.39 is 29.8 Å². The van der Waals surface area contributed by atoms with Crippen LogP contribution in [0.5, 0.6) is 5.88 Å². The Bertz CT molecular complexity index is 1240. The summed E-state index contributed by atoms with van der Waals surface area (Å²) in [6.45, 7) is 6.61. The van der Waals surface area contributed by atoms with Gasteiger partial charge in [-0.25, -0.2) is 9.59 Å². The quantitative estimate of drug-likeness (QED) is 0.426. The van der Waals surface area contributed by atoms with Crippen LogP contribution in [0.15, 0.2) is 60.7 Å². The van der Waals surface area contributed by atoms with Gasteiger partial charge >= 0.3 is 18.2 Å². The summed E-state index contributed by atoms with van der Waals surface area (Å²) in [6, 6.07) is 17.5. The van der Waals surface area contributed by atoms with Crippen LogP contribution in [0.3, 0.4) is 0 Å². The number of carbonyl (C=O) groups is 3. The highest BCUT2D eigenvalue weighted by molar-refractivity contribution is 5.85. The lowest BCUT2D eigenvalue weighted by Crippen LogP contribution is -2.36. The standard InChI is InChI=1S/C27H30N4O6/c1-17(32)36-24-21(19-11-13-20(14-12-19)28-25(33)35-5)16-23(30-31-24)22(15-18-9-7-6-8-10-18)29-26(34)37-27(2,3)4/h6-14,16,22H,15H2,1-5H3,(H,28,33)(H,29,34)/t22-/m0/s1. The Balaban J connectivity index is 2.00. The number of anilines is 1. The molecule has 2 aromatic carbocycles. The maximum Gasteiger partial charge on any atom is 0.411 e. The van der Waals surface area contributed by atoms with Crippen molar-refractivity contribution in [2.24, 2.45) is 0 Å². The van der Waals surface area contributed by atoms with Gasteiger partial charge in [-0.05, 0) is 56.5 Å². The lowest BCUT2D eigenvalue weighted by atomic mass is 10.00. The van der Waals surface area contributed by atoms with Crippen molar-refractivity contribution in [3.05, 3.63) is 71.9 Å². The van der Waals surface area contributed by atoms with E-state index in [1.165, 1.54) is 14.0 Å². The van der Waals surface area contributed by atoms with E-state index >= 15 is 0 Å². The smallest absolute Gasteiger partial charge is 0.411 e. The normalized spacial score (nSPS) is 11.7. The van der Waals surface area contributed by atoms with Gasteiger partial charge in [0.1, 0.15) is 5.60 Å². The van der Waals surface area contributed by atoms with Crippen LogP contribution in [0.25, 0.3) is 11.1 Å². The fourth-order valence-electron chi connectivity index (χ4n) is 3.42. The molecule has 0 aliphatic carbocycles. The third kappa shape index (κ3) is 8.31. The van der Waals surface area contributed by atoms with Gasteiger partial charge in [0.2, 0.25) is 5.88 Å². The number of hydrogen-bond acceptors (Lipinski definition) is 8. The second kappa shape index (κ2) is 12.0. The van der Waals surface area contributed by atoms with Gasteiger partial charge in [-0.2, -0.15) is 0 Å². The first kappa shape index (κ1) is 27.1. The Morgan fingerprint density at radius 3 is 2.22 bits per heavy atom. The molecule has 37 heavy (non-hydrogen) atoms. The summed E-state index contributed by atoms with van der Waals surface area (Å²) in [5.41, 5.74) is 2.37. The molecule has 3 rings (SSSR count). The van der Waals surface area contributed by atoms with Gasteiger partial charge in [-0.15, -0.1) is 10.2 Å². The minimum atomic E-state index is -0.683. The Morgan fingerprint density at radius 1 is 0.946 bits per heavy atom. The molecule has 1 aromatic heterocycles. The highest BCUT2D eigenvalue weighted by atomic mass is 16.6. The van der Waals surface area contributed by atoms with Crippen molar-refractivity contribution in [3.8, 4) is 17.0 Å². The molecule has 2 N–H and O–H groups in total. The van der Waals surface area contributed by atoms with Crippen LogP contribution < -0.4 is 15.4 Å². The first-order valence-electron chi connectivity index (χ1n) is 11.6. The van der Waals surface area contributed by atoms with E-state index in [1.807, 2.05) is 30.3 Å². The third-order valence-corrected chi connectivity index (χ3v) is 4.98. The summed E-state index contributed by atoms with van der Waals surface area (Å²) in [5.74, 6) is -0.541. The zero-order valence-electron chi connectivity index (χ0n) is 21.4. The predicted octanol–water partition coefficient (Wildman–Crippen LogP) is 5.06. The van der Waals surface area contributed by atoms with E-state index in [4.69, 9.17) is 9.47 Å². The van der Waals surface area contributed by atoms with E-state index in [1.54, 1.807) is 51.1 Å². The molecule has 2 amide bonds. The van der Waals surface area contributed by atoms with Crippen molar-refractivity contribution in [2.45, 2.75) is 45.8 Å². The van der Waals surface area contributed by atoms with Crippen molar-refractivity contribution < 1.29 is 28.6 Å². The van der Waals surface area contributed by atoms with Gasteiger partial charge in [0.05, 0.1) is 18.8 Å². The average Bonchev–Trinajstić information content (AvgIpc) is 2.83. The number of rotatable bonds is 7. The predicted molar refractivity (Wildman–Crippen MR) is 137 cm³/mol. The molecule has 0 saturated carbocycles. The summed E-state index contributed by atoms with van der Waals surface area (Å²) in [7, 11) is 1.27. The minimum Gasteiger partial charge on any atom is -0.453 e. The van der Waals surface area contributed by atoms with Gasteiger partial charge in [0.25, 0.3) is 0 Å². The molecule has 0 aliphatic rings. The van der Waals surface area contributed by atoms with E-state index in [2.05, 4.69) is 25.6 Å². The number of methoxy groups -OCH3 is 1. The molecule has 0 spiro atoms. The van der Waals surface area contributed by atoms with Crippen molar-refractivity contribution in [1.29, 1.82) is 0 Å². The minimum absolute atomic E-state index is 0.0145. The molecule has 1 atom stereocenters. The van der Waals surface area contributed by atoms with Gasteiger partial charge < -0.3 is 19.5 Å². The third-order valence-electron chi connectivity index (χ3n) is 4.98. The second-order valence-electron chi connectivity index (χ2n) is 9.16. The van der Waals surface area contributed by atoms with E-state index in [-0.39, 0.29) is 5.88 Å². The Morgan fingerprint density at radius 2 is 1.62 bits per heavy atom. The largest absolute Gasteiger partial charge is 0.453 e.